The van der Waals surface area contributed by atoms with Crippen molar-refractivity contribution in [2.75, 3.05) is 13.2 Å². The second-order valence-electron chi connectivity index (χ2n) is 3.00. The lowest BCUT2D eigenvalue weighted by Crippen LogP contribution is -2.26. The van der Waals surface area contributed by atoms with Crippen LogP contribution in [-0.4, -0.2) is 24.2 Å². The Morgan fingerprint density at radius 1 is 1.50 bits per heavy atom. The number of rotatable bonds is 3. The summed E-state index contributed by atoms with van der Waals surface area (Å²) >= 11 is 5.80. The van der Waals surface area contributed by atoms with Gasteiger partial charge in [0, 0.05) is 17.1 Å². The van der Waals surface area contributed by atoms with Crippen LogP contribution < -0.4 is 5.32 Å². The number of aliphatic hydroxyl groups excluding tert-OH is 1. The number of aryl methyl sites for hydroxylation is 1. The first-order chi connectivity index (χ1) is 6.63. The smallest absolute Gasteiger partial charge is 0.251 e. The summed E-state index contributed by atoms with van der Waals surface area (Å²) in [4.78, 5) is 11.4. The fraction of sp³-hybridized carbons (Fsp3) is 0.300. The molecule has 0 aliphatic carbocycles. The van der Waals surface area contributed by atoms with Crippen molar-refractivity contribution >= 4 is 17.5 Å². The van der Waals surface area contributed by atoms with Gasteiger partial charge in [0.25, 0.3) is 5.91 Å². The maximum atomic E-state index is 11.4. The molecule has 0 aliphatic heterocycles. The molecule has 4 heteroatoms. The molecule has 0 unspecified atom stereocenters. The van der Waals surface area contributed by atoms with Crippen LogP contribution in [0.2, 0.25) is 5.02 Å². The Morgan fingerprint density at radius 3 is 2.79 bits per heavy atom. The number of aliphatic hydroxyl groups is 1. The minimum Gasteiger partial charge on any atom is -0.395 e. The van der Waals surface area contributed by atoms with Crippen LogP contribution in [0.25, 0.3) is 0 Å². The van der Waals surface area contributed by atoms with Crippen LogP contribution in [0.1, 0.15) is 15.9 Å². The fourth-order valence-electron chi connectivity index (χ4n) is 1.14. The van der Waals surface area contributed by atoms with Crippen LogP contribution in [0.3, 0.4) is 0 Å². The molecule has 0 fully saturated rings. The van der Waals surface area contributed by atoms with Gasteiger partial charge in [0.05, 0.1) is 6.61 Å². The molecule has 0 aromatic heterocycles. The zero-order chi connectivity index (χ0) is 10.6. The van der Waals surface area contributed by atoms with Crippen LogP contribution >= 0.6 is 11.6 Å². The zero-order valence-electron chi connectivity index (χ0n) is 7.88. The van der Waals surface area contributed by atoms with Gasteiger partial charge in [0.2, 0.25) is 0 Å². The van der Waals surface area contributed by atoms with Crippen molar-refractivity contribution in [3.05, 3.63) is 34.3 Å². The van der Waals surface area contributed by atoms with Crippen molar-refractivity contribution < 1.29 is 9.90 Å². The van der Waals surface area contributed by atoms with Gasteiger partial charge in [-0.3, -0.25) is 4.79 Å². The van der Waals surface area contributed by atoms with Crippen molar-refractivity contribution in [2.45, 2.75) is 6.92 Å². The van der Waals surface area contributed by atoms with Gasteiger partial charge in [-0.15, -0.1) is 0 Å². The zero-order valence-corrected chi connectivity index (χ0v) is 8.64. The molecule has 1 amide bonds. The SMILES string of the molecule is Cc1cc(Cl)cc(C(=O)NCCO)c1. The van der Waals surface area contributed by atoms with Crippen molar-refractivity contribution in [3.8, 4) is 0 Å². The molecule has 14 heavy (non-hydrogen) atoms. The average molecular weight is 214 g/mol. The molecule has 76 valence electrons. The molecule has 1 aromatic rings. The number of amides is 1. The molecule has 0 saturated heterocycles. The van der Waals surface area contributed by atoms with Gasteiger partial charge >= 0.3 is 0 Å². The van der Waals surface area contributed by atoms with E-state index in [2.05, 4.69) is 5.32 Å². The lowest BCUT2D eigenvalue weighted by molar-refractivity contribution is 0.0944. The number of carbonyl (C=O) groups excluding carboxylic acids is 1. The highest BCUT2D eigenvalue weighted by molar-refractivity contribution is 6.31. The molecule has 0 radical (unpaired) electrons. The quantitative estimate of drug-likeness (QED) is 0.797. The predicted molar refractivity (Wildman–Crippen MR) is 55.6 cm³/mol. The van der Waals surface area contributed by atoms with Crippen molar-refractivity contribution in [1.82, 2.24) is 5.32 Å². The van der Waals surface area contributed by atoms with Gasteiger partial charge in [-0.25, -0.2) is 0 Å². The maximum absolute atomic E-state index is 11.4. The summed E-state index contributed by atoms with van der Waals surface area (Å²) < 4.78 is 0. The van der Waals surface area contributed by atoms with E-state index in [0.29, 0.717) is 10.6 Å². The van der Waals surface area contributed by atoms with E-state index in [0.717, 1.165) is 5.56 Å². The minimum absolute atomic E-state index is 0.0642. The highest BCUT2D eigenvalue weighted by Crippen LogP contribution is 2.14. The van der Waals surface area contributed by atoms with Gasteiger partial charge in [-0.2, -0.15) is 0 Å². The number of hydrogen-bond donors (Lipinski definition) is 2. The molecule has 0 atom stereocenters. The number of halogens is 1. The highest BCUT2D eigenvalue weighted by atomic mass is 35.5. The monoisotopic (exact) mass is 213 g/mol. The molecular weight excluding hydrogens is 202 g/mol. The number of hydrogen-bond acceptors (Lipinski definition) is 2. The molecule has 2 N–H and O–H groups in total. The Balaban J connectivity index is 2.79. The Labute approximate surface area is 87.7 Å². The first kappa shape index (κ1) is 11.0. The number of carbonyl (C=O) groups is 1. The molecule has 3 nitrogen and oxygen atoms in total. The summed E-state index contributed by atoms with van der Waals surface area (Å²) in [6.07, 6.45) is 0. The first-order valence-electron chi connectivity index (χ1n) is 4.29. The van der Waals surface area contributed by atoms with Gasteiger partial charge in [0.1, 0.15) is 0 Å². The molecule has 0 heterocycles. The van der Waals surface area contributed by atoms with Crippen molar-refractivity contribution in [1.29, 1.82) is 0 Å². The molecule has 1 rings (SSSR count). The Morgan fingerprint density at radius 2 is 2.21 bits per heavy atom. The maximum Gasteiger partial charge on any atom is 0.251 e. The van der Waals surface area contributed by atoms with Crippen molar-refractivity contribution in [3.63, 3.8) is 0 Å². The Kier molecular flexibility index (Phi) is 3.92. The summed E-state index contributed by atoms with van der Waals surface area (Å²) in [5, 5.41) is 11.6. The average Bonchev–Trinajstić information content (AvgIpc) is 2.12. The summed E-state index contributed by atoms with van der Waals surface area (Å²) in [7, 11) is 0. The second kappa shape index (κ2) is 4.98. The van der Waals surface area contributed by atoms with E-state index in [-0.39, 0.29) is 19.1 Å². The van der Waals surface area contributed by atoms with E-state index in [1.807, 2.05) is 6.92 Å². The second-order valence-corrected chi connectivity index (χ2v) is 3.43. The van der Waals surface area contributed by atoms with Crippen LogP contribution in [-0.2, 0) is 0 Å². The third-order valence-corrected chi connectivity index (χ3v) is 1.92. The summed E-state index contributed by atoms with van der Waals surface area (Å²) in [5.41, 5.74) is 1.45. The standard InChI is InChI=1S/C10H12ClNO2/c1-7-4-8(6-9(11)5-7)10(14)12-2-3-13/h4-6,13H,2-3H2,1H3,(H,12,14). The molecule has 0 aliphatic rings. The van der Waals surface area contributed by atoms with E-state index >= 15 is 0 Å². The molecule has 0 bridgehead atoms. The third kappa shape index (κ3) is 3.01. The van der Waals surface area contributed by atoms with Crippen LogP contribution in [0.15, 0.2) is 18.2 Å². The first-order valence-corrected chi connectivity index (χ1v) is 4.67. The fourth-order valence-corrected chi connectivity index (χ4v) is 1.43. The molecule has 0 saturated carbocycles. The minimum atomic E-state index is -0.218. The lowest BCUT2D eigenvalue weighted by Gasteiger charge is -2.04. The van der Waals surface area contributed by atoms with Crippen LogP contribution in [0, 0.1) is 6.92 Å². The molecule has 0 spiro atoms. The van der Waals surface area contributed by atoms with Gasteiger partial charge in [-0.1, -0.05) is 11.6 Å². The topological polar surface area (TPSA) is 49.3 Å². The van der Waals surface area contributed by atoms with E-state index in [1.54, 1.807) is 18.2 Å². The normalized spacial score (nSPS) is 9.93. The van der Waals surface area contributed by atoms with Gasteiger partial charge < -0.3 is 10.4 Å². The van der Waals surface area contributed by atoms with E-state index in [9.17, 15) is 4.79 Å². The number of benzene rings is 1. The largest absolute Gasteiger partial charge is 0.395 e. The van der Waals surface area contributed by atoms with Crippen LogP contribution in [0.4, 0.5) is 0 Å². The van der Waals surface area contributed by atoms with Crippen molar-refractivity contribution in [2.24, 2.45) is 0 Å². The Bertz CT molecular complexity index is 319. The molecular formula is C10H12ClNO2. The summed E-state index contributed by atoms with van der Waals surface area (Å²) in [5.74, 6) is -0.218. The summed E-state index contributed by atoms with van der Waals surface area (Å²) in [6, 6.07) is 5.13. The van der Waals surface area contributed by atoms with Gasteiger partial charge in [0.15, 0.2) is 0 Å². The van der Waals surface area contributed by atoms with Crippen LogP contribution in [0.5, 0.6) is 0 Å². The highest BCUT2D eigenvalue weighted by Gasteiger charge is 2.05. The lowest BCUT2D eigenvalue weighted by atomic mass is 10.1. The third-order valence-electron chi connectivity index (χ3n) is 1.70. The van der Waals surface area contributed by atoms with E-state index < -0.39 is 0 Å². The number of nitrogens with one attached hydrogen (secondary N) is 1. The predicted octanol–water partition coefficient (Wildman–Crippen LogP) is 1.37. The Hall–Kier alpha value is -1.06. The molecule has 1 aromatic carbocycles. The van der Waals surface area contributed by atoms with E-state index in [4.69, 9.17) is 16.7 Å². The van der Waals surface area contributed by atoms with E-state index in [1.165, 1.54) is 0 Å². The summed E-state index contributed by atoms with van der Waals surface area (Å²) in [6.45, 7) is 2.06. The van der Waals surface area contributed by atoms with Gasteiger partial charge in [-0.05, 0) is 30.7 Å².